The third-order valence-electron chi connectivity index (χ3n) is 1.66. The molecule has 0 fully saturated rings. The molecule has 0 bridgehead atoms. The van der Waals surface area contributed by atoms with Gasteiger partial charge in [-0.15, -0.1) is 0 Å². The molecule has 6 nitrogen and oxygen atoms in total. The van der Waals surface area contributed by atoms with Crippen LogP contribution in [0.4, 0.5) is 5.82 Å². The van der Waals surface area contributed by atoms with Gasteiger partial charge in [0.25, 0.3) is 0 Å². The molecule has 0 aliphatic heterocycles. The summed E-state index contributed by atoms with van der Waals surface area (Å²) in [6, 6.07) is 3.55. The number of hydrogen-bond acceptors (Lipinski definition) is 5. The normalized spacial score (nSPS) is 9.64. The molecular formula is C8H6N6. The highest BCUT2D eigenvalue weighted by Crippen LogP contribution is 2.12. The molecule has 0 amide bonds. The van der Waals surface area contributed by atoms with E-state index < -0.39 is 0 Å². The lowest BCUT2D eigenvalue weighted by atomic mass is 10.2. The molecule has 0 aliphatic rings. The molecular weight excluding hydrogens is 180 g/mol. The van der Waals surface area contributed by atoms with Gasteiger partial charge in [-0.3, -0.25) is 0 Å². The van der Waals surface area contributed by atoms with Crippen LogP contribution in [0, 0.1) is 11.3 Å². The van der Waals surface area contributed by atoms with Crippen LogP contribution in [0.3, 0.4) is 0 Å². The summed E-state index contributed by atoms with van der Waals surface area (Å²) in [5.74, 6) is 0.330. The summed E-state index contributed by atoms with van der Waals surface area (Å²) in [6.45, 7) is 0. The van der Waals surface area contributed by atoms with Crippen molar-refractivity contribution in [2.75, 3.05) is 5.73 Å². The van der Waals surface area contributed by atoms with E-state index in [4.69, 9.17) is 11.0 Å². The molecule has 0 aliphatic carbocycles. The van der Waals surface area contributed by atoms with Crippen LogP contribution in [0.15, 0.2) is 24.7 Å². The van der Waals surface area contributed by atoms with E-state index in [9.17, 15) is 0 Å². The second kappa shape index (κ2) is 3.14. The second-order valence-corrected chi connectivity index (χ2v) is 2.56. The van der Waals surface area contributed by atoms with Crippen LogP contribution in [-0.4, -0.2) is 20.0 Å². The molecule has 0 aromatic carbocycles. The fourth-order valence-electron chi connectivity index (χ4n) is 1.05. The maximum absolute atomic E-state index is 8.81. The van der Waals surface area contributed by atoms with Crippen LogP contribution in [-0.2, 0) is 0 Å². The van der Waals surface area contributed by atoms with Gasteiger partial charge in [-0.25, -0.2) is 4.98 Å². The molecule has 2 rings (SSSR count). The van der Waals surface area contributed by atoms with Crippen LogP contribution in [0.2, 0.25) is 0 Å². The Balaban J connectivity index is 2.63. The van der Waals surface area contributed by atoms with Crippen LogP contribution < -0.4 is 5.73 Å². The maximum atomic E-state index is 8.81. The minimum Gasteiger partial charge on any atom is -0.384 e. The van der Waals surface area contributed by atoms with E-state index >= 15 is 0 Å². The van der Waals surface area contributed by atoms with Gasteiger partial charge in [0.2, 0.25) is 0 Å². The number of hydrogen-bond donors (Lipinski definition) is 1. The van der Waals surface area contributed by atoms with Crippen molar-refractivity contribution in [2.45, 2.75) is 0 Å². The monoisotopic (exact) mass is 186 g/mol. The largest absolute Gasteiger partial charge is 0.384 e. The van der Waals surface area contributed by atoms with Crippen LogP contribution >= 0.6 is 0 Å². The van der Waals surface area contributed by atoms with Crippen molar-refractivity contribution >= 4 is 5.82 Å². The van der Waals surface area contributed by atoms with Gasteiger partial charge in [0.05, 0.1) is 18.0 Å². The predicted octanol–water partition coefficient (Wildman–Crippen LogP) is 0.116. The molecule has 0 radical (unpaired) electrons. The van der Waals surface area contributed by atoms with Crippen LogP contribution in [0.5, 0.6) is 0 Å². The number of anilines is 1. The molecule has 2 aromatic rings. The van der Waals surface area contributed by atoms with Gasteiger partial charge in [0.1, 0.15) is 17.6 Å². The zero-order valence-corrected chi connectivity index (χ0v) is 7.12. The van der Waals surface area contributed by atoms with Crippen molar-refractivity contribution in [1.29, 1.82) is 5.26 Å². The molecule has 14 heavy (non-hydrogen) atoms. The van der Waals surface area contributed by atoms with Crippen LogP contribution in [0.25, 0.3) is 5.69 Å². The summed E-state index contributed by atoms with van der Waals surface area (Å²) in [5.41, 5.74) is 6.42. The first-order valence-electron chi connectivity index (χ1n) is 3.83. The van der Waals surface area contributed by atoms with Crippen LogP contribution in [0.1, 0.15) is 5.56 Å². The van der Waals surface area contributed by atoms with Gasteiger partial charge in [-0.2, -0.15) is 20.3 Å². The highest BCUT2D eigenvalue weighted by Gasteiger charge is 2.06. The zero-order chi connectivity index (χ0) is 9.97. The Hall–Kier alpha value is -2.42. The number of pyridine rings is 1. The summed E-state index contributed by atoms with van der Waals surface area (Å²) in [7, 11) is 0. The molecule has 2 N–H and O–H groups in total. The summed E-state index contributed by atoms with van der Waals surface area (Å²) in [6.07, 6.45) is 4.45. The molecule has 0 spiro atoms. The average molecular weight is 186 g/mol. The van der Waals surface area contributed by atoms with E-state index in [2.05, 4.69) is 15.2 Å². The van der Waals surface area contributed by atoms with E-state index in [0.29, 0.717) is 17.1 Å². The first-order chi connectivity index (χ1) is 6.81. The Morgan fingerprint density at radius 3 is 2.71 bits per heavy atom. The Bertz CT molecular complexity index is 481. The second-order valence-electron chi connectivity index (χ2n) is 2.56. The molecule has 2 aromatic heterocycles. The maximum Gasteiger partial charge on any atom is 0.125 e. The van der Waals surface area contributed by atoms with Gasteiger partial charge < -0.3 is 5.73 Å². The van der Waals surface area contributed by atoms with Crippen molar-refractivity contribution in [3.8, 4) is 11.8 Å². The number of nitrogen functional groups attached to an aromatic ring is 1. The zero-order valence-electron chi connectivity index (χ0n) is 7.12. The molecule has 0 saturated heterocycles. The lowest BCUT2D eigenvalue weighted by molar-refractivity contribution is 0.749. The van der Waals surface area contributed by atoms with E-state index in [1.807, 2.05) is 6.07 Å². The van der Waals surface area contributed by atoms with E-state index in [-0.39, 0.29) is 0 Å². The SMILES string of the molecule is N#Cc1cnc(N)cc1-n1nccn1. The van der Waals surface area contributed by atoms with Gasteiger partial charge in [0.15, 0.2) is 0 Å². The van der Waals surface area contributed by atoms with Gasteiger partial charge in [0, 0.05) is 12.3 Å². The number of nitrogens with zero attached hydrogens (tertiary/aromatic N) is 5. The lowest BCUT2D eigenvalue weighted by Gasteiger charge is -2.01. The molecule has 2 heterocycles. The minimum atomic E-state index is 0.330. The fraction of sp³-hybridized carbons (Fsp3) is 0. The Morgan fingerprint density at radius 1 is 1.36 bits per heavy atom. The molecule has 6 heteroatoms. The van der Waals surface area contributed by atoms with Gasteiger partial charge in [-0.1, -0.05) is 0 Å². The highest BCUT2D eigenvalue weighted by atomic mass is 15.5. The predicted molar refractivity (Wildman–Crippen MR) is 48.3 cm³/mol. The third-order valence-corrected chi connectivity index (χ3v) is 1.66. The van der Waals surface area contributed by atoms with Crippen molar-refractivity contribution in [2.24, 2.45) is 0 Å². The van der Waals surface area contributed by atoms with Crippen molar-refractivity contribution in [1.82, 2.24) is 20.0 Å². The molecule has 0 unspecified atom stereocenters. The van der Waals surface area contributed by atoms with Crippen molar-refractivity contribution in [3.05, 3.63) is 30.2 Å². The van der Waals surface area contributed by atoms with Crippen molar-refractivity contribution < 1.29 is 0 Å². The standard InChI is InChI=1S/C8H6N6/c9-4-6-5-11-8(10)3-7(6)14-12-1-2-13-14/h1-3,5H,(H2,10,11). The topological polar surface area (TPSA) is 93.4 Å². The molecule has 0 saturated carbocycles. The smallest absolute Gasteiger partial charge is 0.125 e. The van der Waals surface area contributed by atoms with E-state index in [1.165, 1.54) is 23.4 Å². The lowest BCUT2D eigenvalue weighted by Crippen LogP contribution is -2.03. The minimum absolute atomic E-state index is 0.330. The van der Waals surface area contributed by atoms with Crippen molar-refractivity contribution in [3.63, 3.8) is 0 Å². The van der Waals surface area contributed by atoms with Gasteiger partial charge in [-0.05, 0) is 0 Å². The molecule has 0 atom stereocenters. The number of rotatable bonds is 1. The van der Waals surface area contributed by atoms with E-state index in [0.717, 1.165) is 0 Å². The highest BCUT2D eigenvalue weighted by molar-refractivity contribution is 5.51. The number of nitriles is 1. The van der Waals surface area contributed by atoms with E-state index in [1.54, 1.807) is 6.07 Å². The average Bonchev–Trinajstić information content (AvgIpc) is 2.70. The quantitative estimate of drug-likeness (QED) is 0.682. The Labute approximate surface area is 79.6 Å². The first-order valence-corrected chi connectivity index (χ1v) is 3.83. The number of aromatic nitrogens is 4. The third kappa shape index (κ3) is 1.27. The Morgan fingerprint density at radius 2 is 2.07 bits per heavy atom. The Kier molecular flexibility index (Phi) is 1.84. The van der Waals surface area contributed by atoms with Gasteiger partial charge >= 0.3 is 0 Å². The summed E-state index contributed by atoms with van der Waals surface area (Å²) >= 11 is 0. The summed E-state index contributed by atoms with van der Waals surface area (Å²) in [4.78, 5) is 5.14. The number of nitrogens with two attached hydrogens (primary N) is 1. The molecule has 68 valence electrons. The summed E-state index contributed by atoms with van der Waals surface area (Å²) < 4.78 is 0. The summed E-state index contributed by atoms with van der Waals surface area (Å²) in [5, 5.41) is 16.6. The fourth-order valence-corrected chi connectivity index (χ4v) is 1.05. The first kappa shape index (κ1) is 8.19.